The minimum Gasteiger partial charge on any atom is -0.485 e. The Morgan fingerprint density at radius 3 is 2.67 bits per heavy atom. The van der Waals surface area contributed by atoms with Gasteiger partial charge in [0.1, 0.15) is 11.9 Å². The molecule has 0 saturated carbocycles. The van der Waals surface area contributed by atoms with E-state index in [2.05, 4.69) is 0 Å². The standard InChI is InChI=1S/C11H16ClNO2/c1-2-9(13)11(7-14)15-10-6-4-3-5-8(10)12/h3-6,9,11,14H,2,7,13H2,1H3. The topological polar surface area (TPSA) is 55.5 Å². The van der Waals surface area contributed by atoms with Crippen LogP contribution in [0.2, 0.25) is 5.02 Å². The Bertz CT molecular complexity index is 306. The number of ether oxygens (including phenoxy) is 1. The van der Waals surface area contributed by atoms with E-state index in [-0.39, 0.29) is 12.6 Å². The van der Waals surface area contributed by atoms with Crippen molar-refractivity contribution in [2.45, 2.75) is 25.5 Å². The quantitative estimate of drug-likeness (QED) is 0.810. The summed E-state index contributed by atoms with van der Waals surface area (Å²) in [4.78, 5) is 0. The Morgan fingerprint density at radius 2 is 2.13 bits per heavy atom. The van der Waals surface area contributed by atoms with Crippen LogP contribution in [-0.4, -0.2) is 23.9 Å². The van der Waals surface area contributed by atoms with Crippen molar-refractivity contribution < 1.29 is 9.84 Å². The minimum absolute atomic E-state index is 0.111. The van der Waals surface area contributed by atoms with Gasteiger partial charge in [0.05, 0.1) is 11.6 Å². The molecule has 15 heavy (non-hydrogen) atoms. The predicted octanol–water partition coefficient (Wildman–Crippen LogP) is 1.82. The molecule has 0 aliphatic carbocycles. The fraction of sp³-hybridized carbons (Fsp3) is 0.455. The normalized spacial score (nSPS) is 14.7. The molecule has 1 aromatic carbocycles. The number of hydrogen-bond donors (Lipinski definition) is 2. The molecule has 1 rings (SSSR count). The maximum absolute atomic E-state index is 9.13. The fourth-order valence-electron chi connectivity index (χ4n) is 1.23. The molecule has 3 nitrogen and oxygen atoms in total. The number of aliphatic hydroxyl groups excluding tert-OH is 1. The number of rotatable bonds is 5. The molecule has 0 bridgehead atoms. The molecule has 4 heteroatoms. The van der Waals surface area contributed by atoms with Crippen LogP contribution >= 0.6 is 11.6 Å². The lowest BCUT2D eigenvalue weighted by atomic mass is 10.1. The van der Waals surface area contributed by atoms with Crippen molar-refractivity contribution in [3.63, 3.8) is 0 Å². The van der Waals surface area contributed by atoms with Crippen LogP contribution in [0.15, 0.2) is 24.3 Å². The lowest BCUT2D eigenvalue weighted by molar-refractivity contribution is 0.0933. The molecule has 0 aliphatic heterocycles. The van der Waals surface area contributed by atoms with Crippen molar-refractivity contribution in [1.29, 1.82) is 0 Å². The summed E-state index contributed by atoms with van der Waals surface area (Å²) in [5.41, 5.74) is 5.80. The highest BCUT2D eigenvalue weighted by Gasteiger charge is 2.17. The zero-order valence-corrected chi connectivity index (χ0v) is 9.45. The number of para-hydroxylation sites is 1. The minimum atomic E-state index is -0.408. The van der Waals surface area contributed by atoms with Gasteiger partial charge in [0.2, 0.25) is 0 Å². The van der Waals surface area contributed by atoms with E-state index < -0.39 is 6.10 Å². The first-order chi connectivity index (χ1) is 7.19. The fourth-order valence-corrected chi connectivity index (χ4v) is 1.41. The molecule has 0 fully saturated rings. The number of aliphatic hydroxyl groups is 1. The van der Waals surface area contributed by atoms with Crippen molar-refractivity contribution in [2.24, 2.45) is 5.73 Å². The molecule has 0 heterocycles. The van der Waals surface area contributed by atoms with Gasteiger partial charge in [0.15, 0.2) is 0 Å². The predicted molar refractivity (Wildman–Crippen MR) is 61.2 cm³/mol. The monoisotopic (exact) mass is 229 g/mol. The van der Waals surface area contributed by atoms with Gasteiger partial charge in [-0.05, 0) is 18.6 Å². The highest BCUT2D eigenvalue weighted by Crippen LogP contribution is 2.24. The van der Waals surface area contributed by atoms with Gasteiger partial charge in [0.25, 0.3) is 0 Å². The van der Waals surface area contributed by atoms with Crippen molar-refractivity contribution in [3.05, 3.63) is 29.3 Å². The molecule has 1 aromatic rings. The van der Waals surface area contributed by atoms with E-state index in [1.54, 1.807) is 12.1 Å². The average molecular weight is 230 g/mol. The molecule has 0 aromatic heterocycles. The molecule has 2 atom stereocenters. The van der Waals surface area contributed by atoms with E-state index in [0.717, 1.165) is 6.42 Å². The zero-order chi connectivity index (χ0) is 11.3. The third kappa shape index (κ3) is 3.38. The summed E-state index contributed by atoms with van der Waals surface area (Å²) >= 11 is 5.93. The molecule has 2 unspecified atom stereocenters. The molecule has 0 aliphatic rings. The first-order valence-electron chi connectivity index (χ1n) is 4.96. The van der Waals surface area contributed by atoms with Crippen LogP contribution in [0.5, 0.6) is 5.75 Å². The Kier molecular flexibility index (Phi) is 4.88. The van der Waals surface area contributed by atoms with Crippen LogP contribution in [0.25, 0.3) is 0 Å². The van der Waals surface area contributed by atoms with Gasteiger partial charge in [0, 0.05) is 6.04 Å². The zero-order valence-electron chi connectivity index (χ0n) is 8.69. The van der Waals surface area contributed by atoms with Crippen LogP contribution in [0.4, 0.5) is 0 Å². The van der Waals surface area contributed by atoms with Gasteiger partial charge in [-0.1, -0.05) is 30.7 Å². The Hall–Kier alpha value is -0.770. The SMILES string of the molecule is CCC(N)C(CO)Oc1ccccc1Cl. The second kappa shape index (κ2) is 5.95. The molecule has 84 valence electrons. The maximum atomic E-state index is 9.13. The van der Waals surface area contributed by atoms with Crippen molar-refractivity contribution in [1.82, 2.24) is 0 Å². The largest absolute Gasteiger partial charge is 0.485 e. The Morgan fingerprint density at radius 1 is 1.47 bits per heavy atom. The Labute approximate surface area is 94.8 Å². The van der Waals surface area contributed by atoms with Crippen LogP contribution in [-0.2, 0) is 0 Å². The second-order valence-electron chi connectivity index (χ2n) is 3.34. The molecule has 0 spiro atoms. The maximum Gasteiger partial charge on any atom is 0.138 e. The number of nitrogens with two attached hydrogens (primary N) is 1. The first kappa shape index (κ1) is 12.3. The molecular weight excluding hydrogens is 214 g/mol. The lowest BCUT2D eigenvalue weighted by Crippen LogP contribution is -2.41. The molecule has 0 saturated heterocycles. The second-order valence-corrected chi connectivity index (χ2v) is 3.75. The van der Waals surface area contributed by atoms with Crippen molar-refractivity contribution >= 4 is 11.6 Å². The summed E-state index contributed by atoms with van der Waals surface area (Å²) in [6.07, 6.45) is 0.338. The molecule has 0 radical (unpaired) electrons. The van der Waals surface area contributed by atoms with E-state index >= 15 is 0 Å². The summed E-state index contributed by atoms with van der Waals surface area (Å²) in [5.74, 6) is 0.558. The molecule has 3 N–H and O–H groups in total. The summed E-state index contributed by atoms with van der Waals surface area (Å²) in [6.45, 7) is 1.84. The van der Waals surface area contributed by atoms with E-state index in [9.17, 15) is 0 Å². The number of halogens is 1. The van der Waals surface area contributed by atoms with Crippen LogP contribution in [0, 0.1) is 0 Å². The molecular formula is C11H16ClNO2. The smallest absolute Gasteiger partial charge is 0.138 e. The highest BCUT2D eigenvalue weighted by atomic mass is 35.5. The summed E-state index contributed by atoms with van der Waals surface area (Å²) in [5, 5.41) is 9.66. The number of benzene rings is 1. The summed E-state index contributed by atoms with van der Waals surface area (Å²) < 4.78 is 5.54. The van der Waals surface area contributed by atoms with E-state index in [1.807, 2.05) is 19.1 Å². The van der Waals surface area contributed by atoms with Gasteiger partial charge in [-0.25, -0.2) is 0 Å². The van der Waals surface area contributed by atoms with Crippen molar-refractivity contribution in [3.8, 4) is 5.75 Å². The summed E-state index contributed by atoms with van der Waals surface area (Å²) in [7, 11) is 0. The first-order valence-corrected chi connectivity index (χ1v) is 5.34. The Balaban J connectivity index is 2.71. The third-order valence-electron chi connectivity index (χ3n) is 2.24. The third-order valence-corrected chi connectivity index (χ3v) is 2.56. The average Bonchev–Trinajstić information content (AvgIpc) is 2.27. The van der Waals surface area contributed by atoms with Gasteiger partial charge < -0.3 is 15.6 Å². The van der Waals surface area contributed by atoms with Crippen LogP contribution < -0.4 is 10.5 Å². The van der Waals surface area contributed by atoms with Crippen LogP contribution in [0.3, 0.4) is 0 Å². The van der Waals surface area contributed by atoms with E-state index in [1.165, 1.54) is 0 Å². The van der Waals surface area contributed by atoms with Gasteiger partial charge in [-0.15, -0.1) is 0 Å². The van der Waals surface area contributed by atoms with Gasteiger partial charge in [-0.2, -0.15) is 0 Å². The summed E-state index contributed by atoms with van der Waals surface area (Å²) in [6, 6.07) is 6.96. The van der Waals surface area contributed by atoms with Gasteiger partial charge >= 0.3 is 0 Å². The van der Waals surface area contributed by atoms with E-state index in [4.69, 9.17) is 27.2 Å². The van der Waals surface area contributed by atoms with Crippen molar-refractivity contribution in [2.75, 3.05) is 6.61 Å². The lowest BCUT2D eigenvalue weighted by Gasteiger charge is -2.22. The van der Waals surface area contributed by atoms with Gasteiger partial charge in [-0.3, -0.25) is 0 Å². The van der Waals surface area contributed by atoms with E-state index in [0.29, 0.717) is 10.8 Å². The number of hydrogen-bond acceptors (Lipinski definition) is 3. The molecule has 0 amide bonds. The van der Waals surface area contributed by atoms with Crippen LogP contribution in [0.1, 0.15) is 13.3 Å². The highest BCUT2D eigenvalue weighted by molar-refractivity contribution is 6.32.